The number of ketones is 1. The second kappa shape index (κ2) is 8.76. The molecule has 5 aromatic rings. The number of pyridine rings is 1. The van der Waals surface area contributed by atoms with Gasteiger partial charge in [-0.3, -0.25) is 4.79 Å². The van der Waals surface area contributed by atoms with Crippen molar-refractivity contribution in [2.45, 2.75) is 13.8 Å². The summed E-state index contributed by atoms with van der Waals surface area (Å²) >= 11 is 1.34. The maximum atomic E-state index is 13.4. The number of aromatic nitrogens is 1. The van der Waals surface area contributed by atoms with E-state index in [1.165, 1.54) is 22.5 Å². The molecule has 5 heteroatoms. The first kappa shape index (κ1) is 21.9. The summed E-state index contributed by atoms with van der Waals surface area (Å²) in [5, 5.41) is 0.821. The van der Waals surface area contributed by atoms with Crippen LogP contribution in [0.25, 0.3) is 32.6 Å². The number of rotatable bonds is 5. The molecule has 0 radical (unpaired) electrons. The Morgan fingerprint density at radius 2 is 1.44 bits per heavy atom. The Labute approximate surface area is 202 Å². The lowest BCUT2D eigenvalue weighted by Crippen LogP contribution is -2.02. The number of methoxy groups -OCH3 is 1. The van der Waals surface area contributed by atoms with Crippen LogP contribution < -0.4 is 10.5 Å². The molecule has 2 heterocycles. The molecule has 3 aromatic carbocycles. The van der Waals surface area contributed by atoms with E-state index in [-0.39, 0.29) is 5.78 Å². The van der Waals surface area contributed by atoms with E-state index in [4.69, 9.17) is 15.5 Å². The molecule has 0 atom stereocenters. The molecule has 0 aliphatic heterocycles. The van der Waals surface area contributed by atoms with Crippen LogP contribution in [0.2, 0.25) is 0 Å². The summed E-state index contributed by atoms with van der Waals surface area (Å²) in [4.78, 5) is 19.6. The van der Waals surface area contributed by atoms with Crippen LogP contribution in [0.4, 0.5) is 5.69 Å². The number of benzene rings is 3. The topological polar surface area (TPSA) is 65.2 Å². The third-order valence-electron chi connectivity index (χ3n) is 5.97. The van der Waals surface area contributed by atoms with Gasteiger partial charge in [-0.25, -0.2) is 4.98 Å². The van der Waals surface area contributed by atoms with Crippen molar-refractivity contribution in [3.63, 3.8) is 0 Å². The summed E-state index contributed by atoms with van der Waals surface area (Å²) in [7, 11) is 1.60. The highest BCUT2D eigenvalue weighted by Gasteiger charge is 2.22. The van der Waals surface area contributed by atoms with Gasteiger partial charge in [0.05, 0.1) is 18.5 Å². The number of aryl methyl sites for hydroxylation is 2. The maximum absolute atomic E-state index is 13.4. The van der Waals surface area contributed by atoms with Crippen molar-refractivity contribution in [1.82, 2.24) is 4.98 Å². The quantitative estimate of drug-likeness (QED) is 0.283. The average Bonchev–Trinajstić information content (AvgIpc) is 3.20. The fraction of sp³-hybridized carbons (Fsp3) is 0.103. The van der Waals surface area contributed by atoms with Crippen LogP contribution >= 0.6 is 11.3 Å². The Morgan fingerprint density at radius 3 is 2.03 bits per heavy atom. The van der Waals surface area contributed by atoms with E-state index in [9.17, 15) is 4.79 Å². The Morgan fingerprint density at radius 1 is 0.853 bits per heavy atom. The number of carbonyl (C=O) groups is 1. The van der Waals surface area contributed by atoms with Crippen LogP contribution in [0.15, 0.2) is 78.9 Å². The number of fused-ring (bicyclic) bond motifs is 1. The fourth-order valence-corrected chi connectivity index (χ4v) is 5.08. The minimum atomic E-state index is -0.116. The monoisotopic (exact) mass is 464 g/mol. The van der Waals surface area contributed by atoms with Gasteiger partial charge in [0.2, 0.25) is 5.78 Å². The maximum Gasteiger partial charge on any atom is 0.205 e. The van der Waals surface area contributed by atoms with Gasteiger partial charge in [-0.2, -0.15) is 0 Å². The Bertz CT molecular complexity index is 1500. The van der Waals surface area contributed by atoms with Crippen molar-refractivity contribution in [2.24, 2.45) is 0 Å². The molecule has 0 fully saturated rings. The summed E-state index contributed by atoms with van der Waals surface area (Å²) < 4.78 is 5.22. The van der Waals surface area contributed by atoms with Gasteiger partial charge >= 0.3 is 0 Å². The summed E-state index contributed by atoms with van der Waals surface area (Å²) in [6.07, 6.45) is 0. The standard InChI is InChI=1S/C29H24N2O2S/c1-17-4-8-19(9-5-17)23-16-24(20-10-6-18(2)7-11-20)31-29-25(23)26(30)28(34-29)27(32)21-12-14-22(33-3)15-13-21/h4-16H,30H2,1-3H3. The predicted octanol–water partition coefficient (Wildman–Crippen LogP) is 7.07. The summed E-state index contributed by atoms with van der Waals surface area (Å²) in [6.45, 7) is 4.13. The van der Waals surface area contributed by atoms with Crippen molar-refractivity contribution in [3.8, 4) is 28.1 Å². The first-order valence-corrected chi connectivity index (χ1v) is 11.8. The van der Waals surface area contributed by atoms with Crippen molar-refractivity contribution in [2.75, 3.05) is 12.8 Å². The minimum Gasteiger partial charge on any atom is -0.497 e. The molecule has 0 spiro atoms. The second-order valence-corrected chi connectivity index (χ2v) is 9.37. The molecule has 0 aliphatic carbocycles. The molecule has 0 bridgehead atoms. The number of thiophene rings is 1. The zero-order valence-corrected chi connectivity index (χ0v) is 20.1. The molecule has 2 aromatic heterocycles. The number of carbonyl (C=O) groups excluding carboxylic acids is 1. The van der Waals surface area contributed by atoms with Gasteiger partial charge in [-0.05, 0) is 55.3 Å². The van der Waals surface area contributed by atoms with E-state index in [0.717, 1.165) is 32.6 Å². The van der Waals surface area contributed by atoms with Gasteiger partial charge in [0.1, 0.15) is 15.5 Å². The third-order valence-corrected chi connectivity index (χ3v) is 7.07. The molecule has 0 aliphatic rings. The van der Waals surface area contributed by atoms with E-state index in [2.05, 4.69) is 68.4 Å². The third kappa shape index (κ3) is 3.95. The SMILES string of the molecule is COc1ccc(C(=O)c2sc3nc(-c4ccc(C)cc4)cc(-c4ccc(C)cc4)c3c2N)cc1. The molecule has 4 nitrogen and oxygen atoms in total. The van der Waals surface area contributed by atoms with E-state index in [0.29, 0.717) is 21.9 Å². The number of hydrogen-bond acceptors (Lipinski definition) is 5. The first-order valence-electron chi connectivity index (χ1n) is 11.0. The number of ether oxygens (including phenoxy) is 1. The van der Waals surface area contributed by atoms with Crippen molar-refractivity contribution >= 4 is 33.0 Å². The van der Waals surface area contributed by atoms with Gasteiger partial charge in [-0.15, -0.1) is 11.3 Å². The van der Waals surface area contributed by atoms with Crippen LogP contribution in [-0.4, -0.2) is 17.9 Å². The second-order valence-electron chi connectivity index (χ2n) is 8.37. The van der Waals surface area contributed by atoms with Crippen LogP contribution in [0.5, 0.6) is 5.75 Å². The van der Waals surface area contributed by atoms with Gasteiger partial charge in [-0.1, -0.05) is 59.7 Å². The van der Waals surface area contributed by atoms with E-state index >= 15 is 0 Å². The van der Waals surface area contributed by atoms with Crippen LogP contribution in [-0.2, 0) is 0 Å². The van der Waals surface area contributed by atoms with Gasteiger partial charge < -0.3 is 10.5 Å². The Hall–Kier alpha value is -3.96. The summed E-state index contributed by atoms with van der Waals surface area (Å²) in [5.74, 6) is 0.585. The number of nitrogens with zero attached hydrogens (tertiary/aromatic N) is 1. The molecule has 168 valence electrons. The van der Waals surface area contributed by atoms with Crippen LogP contribution in [0.3, 0.4) is 0 Å². The largest absolute Gasteiger partial charge is 0.497 e. The van der Waals surface area contributed by atoms with Crippen LogP contribution in [0, 0.1) is 13.8 Å². The Kier molecular flexibility index (Phi) is 5.64. The van der Waals surface area contributed by atoms with E-state index in [1.54, 1.807) is 31.4 Å². The van der Waals surface area contributed by atoms with Crippen molar-refractivity contribution < 1.29 is 9.53 Å². The molecule has 34 heavy (non-hydrogen) atoms. The fourth-order valence-electron chi connectivity index (χ4n) is 4.00. The molecule has 0 saturated heterocycles. The minimum absolute atomic E-state index is 0.116. The van der Waals surface area contributed by atoms with Gasteiger partial charge in [0.15, 0.2) is 0 Å². The number of anilines is 1. The van der Waals surface area contributed by atoms with E-state index < -0.39 is 0 Å². The lowest BCUT2D eigenvalue weighted by Gasteiger charge is -2.09. The highest BCUT2D eigenvalue weighted by atomic mass is 32.1. The van der Waals surface area contributed by atoms with E-state index in [1.807, 2.05) is 0 Å². The van der Waals surface area contributed by atoms with Crippen molar-refractivity contribution in [1.29, 1.82) is 0 Å². The predicted molar refractivity (Wildman–Crippen MR) is 141 cm³/mol. The van der Waals surface area contributed by atoms with Crippen LogP contribution in [0.1, 0.15) is 26.4 Å². The highest BCUT2D eigenvalue weighted by Crippen LogP contribution is 2.42. The summed E-state index contributed by atoms with van der Waals surface area (Å²) in [6, 6.07) is 25.8. The molecule has 2 N–H and O–H groups in total. The lowest BCUT2D eigenvalue weighted by atomic mass is 9.98. The first-order chi connectivity index (χ1) is 16.4. The molecule has 5 rings (SSSR count). The van der Waals surface area contributed by atoms with Gasteiger partial charge in [0.25, 0.3) is 0 Å². The highest BCUT2D eigenvalue weighted by molar-refractivity contribution is 7.21. The summed E-state index contributed by atoms with van der Waals surface area (Å²) in [5.41, 5.74) is 13.9. The number of nitrogens with two attached hydrogens (primary N) is 1. The zero-order chi connectivity index (χ0) is 23.8. The lowest BCUT2D eigenvalue weighted by molar-refractivity contribution is 0.104. The molecule has 0 saturated carbocycles. The molecular formula is C29H24N2O2S. The Balaban J connectivity index is 1.71. The number of nitrogen functional groups attached to an aromatic ring is 1. The average molecular weight is 465 g/mol. The van der Waals surface area contributed by atoms with Crippen molar-refractivity contribution in [3.05, 3.63) is 100 Å². The smallest absolute Gasteiger partial charge is 0.205 e. The molecular weight excluding hydrogens is 440 g/mol. The zero-order valence-electron chi connectivity index (χ0n) is 19.3. The molecule has 0 amide bonds. The molecule has 0 unspecified atom stereocenters. The normalized spacial score (nSPS) is 11.0. The van der Waals surface area contributed by atoms with Gasteiger partial charge in [0, 0.05) is 16.5 Å². The number of hydrogen-bond donors (Lipinski definition) is 1.